The molecule has 0 aromatic heterocycles. The van der Waals surface area contributed by atoms with Crippen LogP contribution in [0.2, 0.25) is 0 Å². The maximum absolute atomic E-state index is 11.7. The molecule has 1 aromatic rings. The van der Waals surface area contributed by atoms with Gasteiger partial charge in [0.25, 0.3) is 0 Å². The minimum Gasteiger partial charge on any atom is -0.476 e. The highest BCUT2D eigenvalue weighted by Gasteiger charge is 2.24. The number of para-hydroxylation sites is 2. The highest BCUT2D eigenvalue weighted by molar-refractivity contribution is 5.96. The van der Waals surface area contributed by atoms with E-state index in [-0.39, 0.29) is 12.0 Å². The number of carbonyl (C=O) groups excluding carboxylic acids is 1. The minimum atomic E-state index is -0.297. The van der Waals surface area contributed by atoms with Gasteiger partial charge in [0.15, 0.2) is 6.10 Å². The van der Waals surface area contributed by atoms with Crippen LogP contribution in [0.15, 0.2) is 24.3 Å². The van der Waals surface area contributed by atoms with Gasteiger partial charge in [0.1, 0.15) is 5.75 Å². The number of amides is 1. The minimum absolute atomic E-state index is 0.148. The second-order valence-corrected chi connectivity index (χ2v) is 4.04. The number of ether oxygens (including phenoxy) is 1. The molecule has 1 amide bonds. The lowest BCUT2D eigenvalue weighted by Crippen LogP contribution is -2.24. The van der Waals surface area contributed by atoms with Crippen LogP contribution in [-0.2, 0) is 4.79 Å². The van der Waals surface area contributed by atoms with Gasteiger partial charge in [0.2, 0.25) is 5.91 Å². The zero-order chi connectivity index (χ0) is 12.3. The predicted molar refractivity (Wildman–Crippen MR) is 67.0 cm³/mol. The van der Waals surface area contributed by atoms with Gasteiger partial charge in [-0.1, -0.05) is 18.1 Å². The molecule has 0 bridgehead atoms. The summed E-state index contributed by atoms with van der Waals surface area (Å²) in [6.45, 7) is 2.56. The third-order valence-corrected chi connectivity index (χ3v) is 2.77. The van der Waals surface area contributed by atoms with Crippen molar-refractivity contribution in [2.45, 2.75) is 25.9 Å². The number of nitrogens with zero attached hydrogens (tertiary/aromatic N) is 1. The lowest BCUT2D eigenvalue weighted by atomic mass is 10.2. The van der Waals surface area contributed by atoms with Crippen molar-refractivity contribution in [1.29, 1.82) is 0 Å². The van der Waals surface area contributed by atoms with Gasteiger partial charge in [-0.2, -0.15) is 0 Å². The van der Waals surface area contributed by atoms with Gasteiger partial charge in [0, 0.05) is 13.0 Å². The molecule has 1 aromatic carbocycles. The molecule has 17 heavy (non-hydrogen) atoms. The van der Waals surface area contributed by atoms with Crippen LogP contribution in [0.3, 0.4) is 0 Å². The first kappa shape index (κ1) is 11.5. The molecular weight excluding hydrogens is 214 g/mol. The average molecular weight is 229 g/mol. The third kappa shape index (κ3) is 2.42. The normalized spacial score (nSPS) is 16.7. The van der Waals surface area contributed by atoms with Gasteiger partial charge < -0.3 is 9.64 Å². The molecule has 1 heterocycles. The first-order valence-corrected chi connectivity index (χ1v) is 5.74. The summed E-state index contributed by atoms with van der Waals surface area (Å²) in [7, 11) is 0. The van der Waals surface area contributed by atoms with Gasteiger partial charge in [-0.05, 0) is 25.5 Å². The van der Waals surface area contributed by atoms with Crippen molar-refractivity contribution in [3.8, 4) is 18.1 Å². The second kappa shape index (κ2) is 4.92. The molecule has 3 nitrogen and oxygen atoms in total. The van der Waals surface area contributed by atoms with E-state index in [9.17, 15) is 4.79 Å². The van der Waals surface area contributed by atoms with Gasteiger partial charge in [-0.25, -0.2) is 0 Å². The summed E-state index contributed by atoms with van der Waals surface area (Å²) in [6.07, 6.45) is 6.51. The van der Waals surface area contributed by atoms with E-state index in [1.807, 2.05) is 31.2 Å². The number of rotatable bonds is 3. The maximum atomic E-state index is 11.7. The van der Waals surface area contributed by atoms with Crippen molar-refractivity contribution < 1.29 is 9.53 Å². The molecule has 88 valence electrons. The van der Waals surface area contributed by atoms with Crippen LogP contribution in [-0.4, -0.2) is 18.6 Å². The molecule has 0 N–H and O–H groups in total. The molecule has 1 unspecified atom stereocenters. The molecule has 3 heteroatoms. The first-order chi connectivity index (χ1) is 8.22. The van der Waals surface area contributed by atoms with E-state index >= 15 is 0 Å². The predicted octanol–water partition coefficient (Wildman–Crippen LogP) is 2.21. The molecule has 0 spiro atoms. The van der Waals surface area contributed by atoms with Crippen LogP contribution < -0.4 is 9.64 Å². The zero-order valence-electron chi connectivity index (χ0n) is 9.85. The summed E-state index contributed by atoms with van der Waals surface area (Å²) in [5, 5.41) is 0. The molecule has 0 aliphatic carbocycles. The molecule has 1 saturated heterocycles. The quantitative estimate of drug-likeness (QED) is 0.744. The Morgan fingerprint density at radius 2 is 2.24 bits per heavy atom. The summed E-state index contributed by atoms with van der Waals surface area (Å²) in [4.78, 5) is 13.5. The third-order valence-electron chi connectivity index (χ3n) is 2.77. The van der Waals surface area contributed by atoms with E-state index in [2.05, 4.69) is 5.92 Å². The SMILES string of the molecule is C#CC(C)Oc1ccccc1N1CCCC1=O. The summed E-state index contributed by atoms with van der Waals surface area (Å²) in [5.74, 6) is 3.34. The molecule has 1 aliphatic heterocycles. The molecule has 0 saturated carbocycles. The van der Waals surface area contributed by atoms with E-state index in [0.717, 1.165) is 18.7 Å². The Bertz CT molecular complexity index is 462. The summed E-state index contributed by atoms with van der Waals surface area (Å²) < 4.78 is 5.63. The van der Waals surface area contributed by atoms with Crippen LogP contribution in [0.4, 0.5) is 5.69 Å². The molecule has 0 radical (unpaired) electrons. The Kier molecular flexibility index (Phi) is 3.34. The highest BCUT2D eigenvalue weighted by Crippen LogP contribution is 2.31. The fraction of sp³-hybridized carbons (Fsp3) is 0.357. The number of carbonyl (C=O) groups is 1. The number of anilines is 1. The Morgan fingerprint density at radius 1 is 1.47 bits per heavy atom. The largest absolute Gasteiger partial charge is 0.476 e. The summed E-state index contributed by atoms with van der Waals surface area (Å²) >= 11 is 0. The summed E-state index contributed by atoms with van der Waals surface area (Å²) in [6, 6.07) is 7.51. The zero-order valence-corrected chi connectivity index (χ0v) is 9.85. The average Bonchev–Trinajstić information content (AvgIpc) is 2.76. The number of hydrogen-bond donors (Lipinski definition) is 0. The molecular formula is C14H15NO2. The Balaban J connectivity index is 2.27. The van der Waals surface area contributed by atoms with E-state index in [0.29, 0.717) is 12.2 Å². The van der Waals surface area contributed by atoms with Gasteiger partial charge in [-0.3, -0.25) is 4.79 Å². The van der Waals surface area contributed by atoms with Crippen molar-refractivity contribution in [2.75, 3.05) is 11.4 Å². The van der Waals surface area contributed by atoms with Crippen molar-refractivity contribution in [2.24, 2.45) is 0 Å². The van der Waals surface area contributed by atoms with Crippen molar-refractivity contribution in [1.82, 2.24) is 0 Å². The fourth-order valence-electron chi connectivity index (χ4n) is 1.91. The van der Waals surface area contributed by atoms with Crippen molar-refractivity contribution in [3.05, 3.63) is 24.3 Å². The van der Waals surface area contributed by atoms with Crippen molar-refractivity contribution >= 4 is 11.6 Å². The highest BCUT2D eigenvalue weighted by atomic mass is 16.5. The van der Waals surface area contributed by atoms with E-state index in [1.165, 1.54) is 0 Å². The summed E-state index contributed by atoms with van der Waals surface area (Å²) in [5.41, 5.74) is 0.817. The number of hydrogen-bond acceptors (Lipinski definition) is 2. The fourth-order valence-corrected chi connectivity index (χ4v) is 1.91. The standard InChI is InChI=1S/C14H15NO2/c1-3-11(2)17-13-8-5-4-7-12(13)15-10-6-9-14(15)16/h1,4-5,7-8,11H,6,9-10H2,2H3. The smallest absolute Gasteiger partial charge is 0.227 e. The van der Waals surface area contributed by atoms with Crippen LogP contribution in [0, 0.1) is 12.3 Å². The van der Waals surface area contributed by atoms with Crippen LogP contribution >= 0.6 is 0 Å². The van der Waals surface area contributed by atoms with Gasteiger partial charge in [-0.15, -0.1) is 6.42 Å². The lowest BCUT2D eigenvalue weighted by molar-refractivity contribution is -0.117. The van der Waals surface area contributed by atoms with E-state index in [4.69, 9.17) is 11.2 Å². The van der Waals surface area contributed by atoms with Crippen LogP contribution in [0.25, 0.3) is 0 Å². The molecule has 1 aliphatic rings. The van der Waals surface area contributed by atoms with E-state index < -0.39 is 0 Å². The Hall–Kier alpha value is -1.95. The number of terminal acetylenes is 1. The molecule has 1 fully saturated rings. The van der Waals surface area contributed by atoms with Gasteiger partial charge >= 0.3 is 0 Å². The van der Waals surface area contributed by atoms with Crippen molar-refractivity contribution in [3.63, 3.8) is 0 Å². The molecule has 2 rings (SSSR count). The Labute approximate surface area is 101 Å². The number of benzene rings is 1. The lowest BCUT2D eigenvalue weighted by Gasteiger charge is -2.20. The van der Waals surface area contributed by atoms with E-state index in [1.54, 1.807) is 4.90 Å². The Morgan fingerprint density at radius 3 is 2.88 bits per heavy atom. The monoisotopic (exact) mass is 229 g/mol. The van der Waals surface area contributed by atoms with Crippen LogP contribution in [0.1, 0.15) is 19.8 Å². The molecule has 1 atom stereocenters. The second-order valence-electron chi connectivity index (χ2n) is 4.04. The maximum Gasteiger partial charge on any atom is 0.227 e. The topological polar surface area (TPSA) is 29.5 Å². The first-order valence-electron chi connectivity index (χ1n) is 5.74. The van der Waals surface area contributed by atoms with Gasteiger partial charge in [0.05, 0.1) is 5.69 Å². The van der Waals surface area contributed by atoms with Crippen LogP contribution in [0.5, 0.6) is 5.75 Å².